The highest BCUT2D eigenvalue weighted by molar-refractivity contribution is 5.83. The van der Waals surface area contributed by atoms with Crippen LogP contribution in [0.3, 0.4) is 0 Å². The van der Waals surface area contributed by atoms with Crippen molar-refractivity contribution in [2.45, 2.75) is 6.92 Å². The molecular weight excluding hydrogens is 272 g/mol. The maximum atomic E-state index is 11.4. The third-order valence-electron chi connectivity index (χ3n) is 3.29. The van der Waals surface area contributed by atoms with Crippen LogP contribution >= 0.6 is 0 Å². The number of pyridine rings is 1. The van der Waals surface area contributed by atoms with Crippen LogP contribution in [0.4, 0.5) is 16.4 Å². The number of hydrogen-bond donors (Lipinski definition) is 2. The van der Waals surface area contributed by atoms with E-state index in [2.05, 4.69) is 25.6 Å². The van der Waals surface area contributed by atoms with Gasteiger partial charge in [0.15, 0.2) is 5.65 Å². The summed E-state index contributed by atoms with van der Waals surface area (Å²) >= 11 is 0. The number of rotatable bonds is 3. The topological polar surface area (TPSA) is 83.8 Å². The molecule has 1 amide bonds. The largest absolute Gasteiger partial charge is 0.450 e. The van der Waals surface area contributed by atoms with Crippen molar-refractivity contribution in [1.29, 1.82) is 0 Å². The first kappa shape index (κ1) is 13.6. The first-order valence-corrected chi connectivity index (χ1v) is 7.03. The van der Waals surface area contributed by atoms with Gasteiger partial charge < -0.3 is 15.0 Å². The molecule has 0 atom stereocenters. The Balaban J connectivity index is 1.88. The molecule has 2 aromatic rings. The van der Waals surface area contributed by atoms with Crippen molar-refractivity contribution >= 4 is 23.4 Å². The number of piperazine rings is 1. The maximum Gasteiger partial charge on any atom is 0.414 e. The molecule has 1 aliphatic rings. The van der Waals surface area contributed by atoms with Gasteiger partial charge in [0.25, 0.3) is 5.95 Å². The van der Waals surface area contributed by atoms with E-state index in [1.165, 1.54) is 0 Å². The monoisotopic (exact) mass is 290 g/mol. The van der Waals surface area contributed by atoms with Crippen molar-refractivity contribution in [2.75, 3.05) is 43.0 Å². The molecule has 0 aliphatic carbocycles. The lowest BCUT2D eigenvalue weighted by Gasteiger charge is -2.29. The summed E-state index contributed by atoms with van der Waals surface area (Å²) in [4.78, 5) is 18.1. The Kier molecular flexibility index (Phi) is 3.87. The quantitative estimate of drug-likeness (QED) is 0.866. The molecule has 0 saturated carbocycles. The minimum atomic E-state index is -0.544. The summed E-state index contributed by atoms with van der Waals surface area (Å²) < 4.78 is 6.50. The minimum absolute atomic E-state index is 0.246. The number of amides is 1. The molecule has 112 valence electrons. The molecule has 0 bridgehead atoms. The lowest BCUT2D eigenvalue weighted by molar-refractivity contribution is 0.167. The van der Waals surface area contributed by atoms with Gasteiger partial charge in [-0.15, -0.1) is 5.10 Å². The Morgan fingerprint density at radius 1 is 1.48 bits per heavy atom. The number of nitrogens with one attached hydrogen (secondary N) is 2. The van der Waals surface area contributed by atoms with Crippen molar-refractivity contribution in [3.8, 4) is 0 Å². The van der Waals surface area contributed by atoms with Gasteiger partial charge in [-0.2, -0.15) is 4.98 Å². The highest BCUT2D eigenvalue weighted by Gasteiger charge is 2.16. The molecular formula is C13H18N6O2. The van der Waals surface area contributed by atoms with E-state index in [1.807, 2.05) is 18.3 Å². The van der Waals surface area contributed by atoms with Crippen molar-refractivity contribution < 1.29 is 9.53 Å². The third-order valence-corrected chi connectivity index (χ3v) is 3.29. The smallest absolute Gasteiger partial charge is 0.414 e. The predicted molar refractivity (Wildman–Crippen MR) is 78.7 cm³/mol. The summed E-state index contributed by atoms with van der Waals surface area (Å²) in [7, 11) is 0. The molecule has 0 unspecified atom stereocenters. The maximum absolute atomic E-state index is 11.4. The van der Waals surface area contributed by atoms with E-state index in [-0.39, 0.29) is 5.95 Å². The van der Waals surface area contributed by atoms with Crippen LogP contribution in [0.15, 0.2) is 18.3 Å². The van der Waals surface area contributed by atoms with Gasteiger partial charge in [0.2, 0.25) is 0 Å². The van der Waals surface area contributed by atoms with E-state index in [1.54, 1.807) is 11.4 Å². The second-order valence-electron chi connectivity index (χ2n) is 4.68. The molecule has 3 heterocycles. The van der Waals surface area contributed by atoms with Crippen LogP contribution < -0.4 is 15.5 Å². The van der Waals surface area contributed by atoms with Crippen LogP contribution in [-0.2, 0) is 4.74 Å². The normalized spacial score (nSPS) is 15.2. The van der Waals surface area contributed by atoms with E-state index in [9.17, 15) is 4.79 Å². The third kappa shape index (κ3) is 2.89. The summed E-state index contributed by atoms with van der Waals surface area (Å²) in [5, 5.41) is 10.1. The second kappa shape index (κ2) is 5.96. The zero-order chi connectivity index (χ0) is 14.7. The Labute approximate surface area is 122 Å². The Morgan fingerprint density at radius 2 is 2.29 bits per heavy atom. The summed E-state index contributed by atoms with van der Waals surface area (Å²) in [6.07, 6.45) is 1.27. The first-order chi connectivity index (χ1) is 10.3. The average molecular weight is 290 g/mol. The molecule has 0 radical (unpaired) electrons. The highest BCUT2D eigenvalue weighted by Crippen LogP contribution is 2.21. The molecule has 8 nitrogen and oxygen atoms in total. The molecule has 8 heteroatoms. The van der Waals surface area contributed by atoms with E-state index in [0.717, 1.165) is 37.5 Å². The fourth-order valence-electron chi connectivity index (χ4n) is 2.36. The van der Waals surface area contributed by atoms with Crippen LogP contribution in [-0.4, -0.2) is 53.5 Å². The van der Waals surface area contributed by atoms with Crippen molar-refractivity contribution in [3.05, 3.63) is 18.3 Å². The number of aromatic nitrogens is 3. The van der Waals surface area contributed by atoms with Gasteiger partial charge >= 0.3 is 6.09 Å². The molecule has 1 saturated heterocycles. The Morgan fingerprint density at radius 3 is 3.05 bits per heavy atom. The summed E-state index contributed by atoms with van der Waals surface area (Å²) in [5.41, 5.74) is 1.75. The number of carbonyl (C=O) groups excluding carboxylic acids is 1. The lowest BCUT2D eigenvalue weighted by atomic mass is 10.3. The average Bonchev–Trinajstić information content (AvgIpc) is 2.90. The number of hydrogen-bond acceptors (Lipinski definition) is 6. The fraction of sp³-hybridized carbons (Fsp3) is 0.462. The second-order valence-corrected chi connectivity index (χ2v) is 4.68. The van der Waals surface area contributed by atoms with Gasteiger partial charge in [0.05, 0.1) is 12.3 Å². The van der Waals surface area contributed by atoms with Crippen molar-refractivity contribution in [2.24, 2.45) is 0 Å². The van der Waals surface area contributed by atoms with Gasteiger partial charge in [0.1, 0.15) is 0 Å². The van der Waals surface area contributed by atoms with Crippen molar-refractivity contribution in [3.63, 3.8) is 0 Å². The van der Waals surface area contributed by atoms with E-state index in [4.69, 9.17) is 4.74 Å². The van der Waals surface area contributed by atoms with Crippen LogP contribution in [0.2, 0.25) is 0 Å². The fourth-order valence-corrected chi connectivity index (χ4v) is 2.36. The number of carbonyl (C=O) groups is 1. The molecule has 3 rings (SSSR count). The van der Waals surface area contributed by atoms with Crippen molar-refractivity contribution in [1.82, 2.24) is 19.9 Å². The Hall–Kier alpha value is -2.35. The zero-order valence-corrected chi connectivity index (χ0v) is 11.9. The number of anilines is 2. The standard InChI is InChI=1S/C13H18N6O2/c1-2-21-13(20)16-12-15-11-10(4-3-7-19(11)17-12)18-8-5-14-6-9-18/h3-4,7,14H,2,5-6,8-9H2,1H3,(H,16,17,20). The van der Waals surface area contributed by atoms with Gasteiger partial charge in [-0.25, -0.2) is 9.31 Å². The summed E-state index contributed by atoms with van der Waals surface area (Å²) in [5.74, 6) is 0.246. The Bertz CT molecular complexity index is 635. The molecule has 2 N–H and O–H groups in total. The summed E-state index contributed by atoms with van der Waals surface area (Å²) in [6.45, 7) is 5.80. The molecule has 1 aliphatic heterocycles. The van der Waals surface area contributed by atoms with E-state index < -0.39 is 6.09 Å². The van der Waals surface area contributed by atoms with Gasteiger partial charge in [-0.1, -0.05) is 0 Å². The highest BCUT2D eigenvalue weighted by atomic mass is 16.5. The van der Waals surface area contributed by atoms with Crippen LogP contribution in [0, 0.1) is 0 Å². The van der Waals surface area contributed by atoms with Gasteiger partial charge in [0, 0.05) is 32.4 Å². The molecule has 0 spiro atoms. The van der Waals surface area contributed by atoms with E-state index >= 15 is 0 Å². The molecule has 0 aromatic carbocycles. The van der Waals surface area contributed by atoms with Crippen LogP contribution in [0.25, 0.3) is 5.65 Å². The number of nitrogens with zero attached hydrogens (tertiary/aromatic N) is 4. The molecule has 2 aromatic heterocycles. The van der Waals surface area contributed by atoms with Gasteiger partial charge in [-0.3, -0.25) is 5.32 Å². The number of ether oxygens (including phenoxy) is 1. The molecule has 21 heavy (non-hydrogen) atoms. The SMILES string of the molecule is CCOC(=O)Nc1nc2c(N3CCNCC3)cccn2n1. The van der Waals surface area contributed by atoms with Crippen LogP contribution in [0.5, 0.6) is 0 Å². The summed E-state index contributed by atoms with van der Waals surface area (Å²) in [6, 6.07) is 3.94. The molecule has 1 fully saturated rings. The number of fused-ring (bicyclic) bond motifs is 1. The first-order valence-electron chi connectivity index (χ1n) is 7.03. The zero-order valence-electron chi connectivity index (χ0n) is 11.9. The minimum Gasteiger partial charge on any atom is -0.450 e. The predicted octanol–water partition coefficient (Wildman–Crippen LogP) is 0.707. The van der Waals surface area contributed by atoms with E-state index in [0.29, 0.717) is 6.61 Å². The van der Waals surface area contributed by atoms with Crippen LogP contribution in [0.1, 0.15) is 6.92 Å². The lowest BCUT2D eigenvalue weighted by Crippen LogP contribution is -2.43. The van der Waals surface area contributed by atoms with Gasteiger partial charge in [-0.05, 0) is 19.1 Å².